The van der Waals surface area contributed by atoms with Crippen molar-refractivity contribution in [2.24, 2.45) is 5.92 Å². The van der Waals surface area contributed by atoms with E-state index in [1.54, 1.807) is 29.2 Å². The highest BCUT2D eigenvalue weighted by Crippen LogP contribution is 2.20. The molecule has 0 radical (unpaired) electrons. The van der Waals surface area contributed by atoms with E-state index >= 15 is 0 Å². The van der Waals surface area contributed by atoms with Crippen molar-refractivity contribution in [3.05, 3.63) is 70.2 Å². The number of nitrogens with zero attached hydrogens (tertiary/aromatic N) is 1. The minimum absolute atomic E-state index is 0.0618. The third-order valence-electron chi connectivity index (χ3n) is 4.21. The summed E-state index contributed by atoms with van der Waals surface area (Å²) >= 11 is 3.30. The van der Waals surface area contributed by atoms with E-state index in [1.807, 2.05) is 30.3 Å². The average Bonchev–Trinajstić information content (AvgIpc) is 3.01. The Labute approximate surface area is 159 Å². The number of hydrogen-bond acceptors (Lipinski definition) is 3. The molecule has 6 nitrogen and oxygen atoms in total. The average molecular weight is 416 g/mol. The fourth-order valence-corrected chi connectivity index (χ4v) is 3.06. The number of carbonyl (C=O) groups is 3. The molecule has 3 rings (SSSR count). The van der Waals surface area contributed by atoms with Gasteiger partial charge in [-0.3, -0.25) is 25.2 Å². The van der Waals surface area contributed by atoms with Crippen molar-refractivity contribution in [3.63, 3.8) is 0 Å². The molecule has 2 N–H and O–H groups in total. The van der Waals surface area contributed by atoms with Gasteiger partial charge in [0.1, 0.15) is 0 Å². The van der Waals surface area contributed by atoms with Crippen LogP contribution in [0.1, 0.15) is 22.3 Å². The molecule has 2 aromatic carbocycles. The van der Waals surface area contributed by atoms with Crippen molar-refractivity contribution in [2.45, 2.75) is 13.0 Å². The van der Waals surface area contributed by atoms with E-state index < -0.39 is 11.8 Å². The molecule has 1 atom stereocenters. The molecule has 26 heavy (non-hydrogen) atoms. The third-order valence-corrected chi connectivity index (χ3v) is 4.74. The van der Waals surface area contributed by atoms with Gasteiger partial charge in [-0.25, -0.2) is 0 Å². The van der Waals surface area contributed by atoms with Crippen LogP contribution in [-0.2, 0) is 16.1 Å². The topological polar surface area (TPSA) is 78.5 Å². The third kappa shape index (κ3) is 4.49. The molecule has 1 aliphatic rings. The summed E-state index contributed by atoms with van der Waals surface area (Å²) in [4.78, 5) is 38.1. The zero-order valence-corrected chi connectivity index (χ0v) is 15.5. The van der Waals surface area contributed by atoms with Gasteiger partial charge >= 0.3 is 0 Å². The number of benzene rings is 2. The molecule has 0 unspecified atom stereocenters. The van der Waals surface area contributed by atoms with Crippen LogP contribution in [0.2, 0.25) is 0 Å². The van der Waals surface area contributed by atoms with E-state index in [-0.39, 0.29) is 18.2 Å². The van der Waals surface area contributed by atoms with Crippen LogP contribution in [0.5, 0.6) is 0 Å². The van der Waals surface area contributed by atoms with E-state index in [2.05, 4.69) is 26.8 Å². The Morgan fingerprint density at radius 2 is 1.73 bits per heavy atom. The molecule has 0 aliphatic carbocycles. The lowest BCUT2D eigenvalue weighted by Gasteiger charge is -2.16. The monoisotopic (exact) mass is 415 g/mol. The van der Waals surface area contributed by atoms with Gasteiger partial charge in [-0.15, -0.1) is 0 Å². The zero-order chi connectivity index (χ0) is 18.5. The first-order valence-electron chi connectivity index (χ1n) is 8.20. The number of hydrogen-bond donors (Lipinski definition) is 2. The second-order valence-corrected chi connectivity index (χ2v) is 7.03. The minimum Gasteiger partial charge on any atom is -0.338 e. The number of hydrazine groups is 1. The highest BCUT2D eigenvalue weighted by Gasteiger charge is 2.34. The Bertz CT molecular complexity index is 809. The summed E-state index contributed by atoms with van der Waals surface area (Å²) in [5.41, 5.74) is 6.26. The minimum atomic E-state index is -0.476. The van der Waals surface area contributed by atoms with Crippen LogP contribution in [0.4, 0.5) is 0 Å². The van der Waals surface area contributed by atoms with Gasteiger partial charge in [0.05, 0.1) is 5.92 Å². The number of amides is 3. The van der Waals surface area contributed by atoms with Crippen molar-refractivity contribution in [1.82, 2.24) is 15.8 Å². The Balaban J connectivity index is 1.51. The van der Waals surface area contributed by atoms with Crippen LogP contribution in [0.15, 0.2) is 59.1 Å². The van der Waals surface area contributed by atoms with E-state index in [0.29, 0.717) is 18.7 Å². The first kappa shape index (κ1) is 18.1. The summed E-state index contributed by atoms with van der Waals surface area (Å²) < 4.78 is 0.862. The highest BCUT2D eigenvalue weighted by molar-refractivity contribution is 9.10. The normalized spacial score (nSPS) is 16.4. The molecule has 0 bridgehead atoms. The summed E-state index contributed by atoms with van der Waals surface area (Å²) in [5.74, 6) is -1.31. The largest absolute Gasteiger partial charge is 0.338 e. The van der Waals surface area contributed by atoms with Crippen LogP contribution < -0.4 is 10.9 Å². The number of halogens is 1. The van der Waals surface area contributed by atoms with Gasteiger partial charge in [0.25, 0.3) is 5.91 Å². The van der Waals surface area contributed by atoms with Gasteiger partial charge in [-0.2, -0.15) is 0 Å². The predicted molar refractivity (Wildman–Crippen MR) is 99.7 cm³/mol. The lowest BCUT2D eigenvalue weighted by atomic mass is 10.1. The van der Waals surface area contributed by atoms with Gasteiger partial charge in [0, 0.05) is 29.5 Å². The fraction of sp³-hybridized carbons (Fsp3) is 0.211. The first-order chi connectivity index (χ1) is 12.5. The SMILES string of the molecule is O=C(NNC(=O)[C@H]1CC(=O)N(Cc2ccccc2)C1)c1ccc(Br)cc1. The number of carbonyl (C=O) groups excluding carboxylic acids is 3. The van der Waals surface area contributed by atoms with Gasteiger partial charge < -0.3 is 4.90 Å². The number of rotatable bonds is 4. The van der Waals surface area contributed by atoms with Crippen molar-refractivity contribution < 1.29 is 14.4 Å². The molecule has 1 aliphatic heterocycles. The second-order valence-electron chi connectivity index (χ2n) is 6.11. The Morgan fingerprint density at radius 1 is 1.04 bits per heavy atom. The van der Waals surface area contributed by atoms with Gasteiger partial charge in [-0.05, 0) is 29.8 Å². The Kier molecular flexibility index (Phi) is 5.68. The van der Waals surface area contributed by atoms with Crippen molar-refractivity contribution in [3.8, 4) is 0 Å². The summed E-state index contributed by atoms with van der Waals surface area (Å²) in [6.45, 7) is 0.822. The van der Waals surface area contributed by atoms with Crippen LogP contribution >= 0.6 is 15.9 Å². The van der Waals surface area contributed by atoms with Crippen LogP contribution in [0.3, 0.4) is 0 Å². The molecule has 1 heterocycles. The summed E-state index contributed by atoms with van der Waals surface area (Å²) in [6, 6.07) is 16.4. The van der Waals surface area contributed by atoms with E-state index in [9.17, 15) is 14.4 Å². The molecular weight excluding hydrogens is 398 g/mol. The van der Waals surface area contributed by atoms with Crippen LogP contribution in [0, 0.1) is 5.92 Å². The van der Waals surface area contributed by atoms with Crippen molar-refractivity contribution >= 4 is 33.7 Å². The predicted octanol–water partition coefficient (Wildman–Crippen LogP) is 2.26. The quantitative estimate of drug-likeness (QED) is 0.751. The number of likely N-dealkylation sites (tertiary alicyclic amines) is 1. The summed E-state index contributed by atoms with van der Waals surface area (Å²) in [6.07, 6.45) is 0.146. The molecule has 2 aromatic rings. The van der Waals surface area contributed by atoms with Crippen LogP contribution in [-0.4, -0.2) is 29.2 Å². The van der Waals surface area contributed by atoms with Gasteiger partial charge in [0.15, 0.2) is 0 Å². The lowest BCUT2D eigenvalue weighted by Crippen LogP contribution is -2.45. The fourth-order valence-electron chi connectivity index (χ4n) is 2.80. The van der Waals surface area contributed by atoms with E-state index in [4.69, 9.17) is 0 Å². The first-order valence-corrected chi connectivity index (χ1v) is 8.99. The molecule has 0 saturated carbocycles. The maximum atomic E-state index is 12.3. The standard InChI is InChI=1S/C19H18BrN3O3/c20-16-8-6-14(7-9-16)18(25)21-22-19(26)15-10-17(24)23(12-15)11-13-4-2-1-3-5-13/h1-9,15H,10-12H2,(H,21,25)(H,22,26)/t15-/m0/s1. The summed E-state index contributed by atoms with van der Waals surface area (Å²) in [7, 11) is 0. The molecular formula is C19H18BrN3O3. The summed E-state index contributed by atoms with van der Waals surface area (Å²) in [5, 5.41) is 0. The maximum absolute atomic E-state index is 12.3. The van der Waals surface area contributed by atoms with Crippen molar-refractivity contribution in [2.75, 3.05) is 6.54 Å². The zero-order valence-electron chi connectivity index (χ0n) is 13.9. The lowest BCUT2D eigenvalue weighted by molar-refractivity contribution is -0.129. The molecule has 7 heteroatoms. The Morgan fingerprint density at radius 3 is 2.42 bits per heavy atom. The highest BCUT2D eigenvalue weighted by atomic mass is 79.9. The smallest absolute Gasteiger partial charge is 0.269 e. The van der Waals surface area contributed by atoms with E-state index in [1.165, 1.54) is 0 Å². The maximum Gasteiger partial charge on any atom is 0.269 e. The molecule has 0 aromatic heterocycles. The van der Waals surface area contributed by atoms with Gasteiger partial charge in [0.2, 0.25) is 11.8 Å². The molecule has 3 amide bonds. The van der Waals surface area contributed by atoms with Crippen LogP contribution in [0.25, 0.3) is 0 Å². The Hall–Kier alpha value is -2.67. The molecule has 134 valence electrons. The second kappa shape index (κ2) is 8.14. The molecule has 1 saturated heterocycles. The van der Waals surface area contributed by atoms with Crippen molar-refractivity contribution in [1.29, 1.82) is 0 Å². The number of nitrogens with one attached hydrogen (secondary N) is 2. The molecule has 0 spiro atoms. The van der Waals surface area contributed by atoms with E-state index in [0.717, 1.165) is 10.0 Å². The molecule has 1 fully saturated rings. The van der Waals surface area contributed by atoms with Gasteiger partial charge in [-0.1, -0.05) is 46.3 Å².